The summed E-state index contributed by atoms with van der Waals surface area (Å²) < 4.78 is 45.7. The van der Waals surface area contributed by atoms with Gasteiger partial charge in [0.05, 0.1) is 28.4 Å². The van der Waals surface area contributed by atoms with Gasteiger partial charge in [-0.2, -0.15) is 0 Å². The molecule has 0 amide bonds. The lowest BCUT2D eigenvalue weighted by molar-refractivity contribution is 0.227. The fourth-order valence-electron chi connectivity index (χ4n) is 3.48. The molecule has 26 heavy (non-hydrogen) atoms. The first-order chi connectivity index (χ1) is 13.8. The molecular formula is C21H27NO4. The minimum Gasteiger partial charge on any atom is -0.493 e. The summed E-state index contributed by atoms with van der Waals surface area (Å²) in [4.78, 5) is 1.58. The Morgan fingerprint density at radius 2 is 1.58 bits per heavy atom. The average Bonchev–Trinajstić information content (AvgIpc) is 2.71. The van der Waals surface area contributed by atoms with E-state index in [1.165, 1.54) is 0 Å². The van der Waals surface area contributed by atoms with Gasteiger partial charge < -0.3 is 18.9 Å². The van der Waals surface area contributed by atoms with Crippen molar-refractivity contribution < 1.29 is 23.1 Å². The van der Waals surface area contributed by atoms with Crippen molar-refractivity contribution in [3.05, 3.63) is 47.0 Å². The number of rotatable bonds is 6. The topological polar surface area (TPSA) is 40.2 Å². The van der Waals surface area contributed by atoms with E-state index in [1.54, 1.807) is 33.3 Å². The maximum Gasteiger partial charge on any atom is 0.161 e. The van der Waals surface area contributed by atoms with Gasteiger partial charge in [0.15, 0.2) is 23.0 Å². The van der Waals surface area contributed by atoms with E-state index in [-0.39, 0.29) is 6.04 Å². The first-order valence-electron chi connectivity index (χ1n) is 10.0. The number of fused-ring (bicyclic) bond motifs is 1. The van der Waals surface area contributed by atoms with Crippen LogP contribution < -0.4 is 18.9 Å². The molecule has 0 saturated heterocycles. The summed E-state index contributed by atoms with van der Waals surface area (Å²) in [5.41, 5.74) is 2.98. The number of hydrogen-bond acceptors (Lipinski definition) is 5. The van der Waals surface area contributed by atoms with Crippen molar-refractivity contribution in [3.8, 4) is 23.0 Å². The quantitative estimate of drug-likeness (QED) is 0.789. The molecule has 0 saturated carbocycles. The monoisotopic (exact) mass is 360 g/mol. The molecule has 1 heterocycles. The van der Waals surface area contributed by atoms with Crippen molar-refractivity contribution in [2.24, 2.45) is 0 Å². The molecule has 0 fully saturated rings. The van der Waals surface area contributed by atoms with Crippen LogP contribution in [0.15, 0.2) is 30.3 Å². The predicted octanol–water partition coefficient (Wildman–Crippen LogP) is 3.49. The molecule has 1 unspecified atom stereocenters. The van der Waals surface area contributed by atoms with Crippen LogP contribution in [0.2, 0.25) is 0 Å². The third kappa shape index (κ3) is 3.44. The van der Waals surface area contributed by atoms with Crippen molar-refractivity contribution >= 4 is 0 Å². The zero-order valence-corrected chi connectivity index (χ0v) is 15.7. The van der Waals surface area contributed by atoms with Gasteiger partial charge >= 0.3 is 0 Å². The molecule has 0 N–H and O–H groups in total. The van der Waals surface area contributed by atoms with Crippen LogP contribution in [0.5, 0.6) is 23.0 Å². The number of ether oxygens (including phenoxy) is 4. The Kier molecular flexibility index (Phi) is 4.46. The van der Waals surface area contributed by atoms with Crippen molar-refractivity contribution in [1.82, 2.24) is 4.90 Å². The predicted molar refractivity (Wildman–Crippen MR) is 102 cm³/mol. The third-order valence-corrected chi connectivity index (χ3v) is 4.88. The molecule has 1 atom stereocenters. The zero-order valence-electron chi connectivity index (χ0n) is 18.7. The van der Waals surface area contributed by atoms with E-state index in [1.807, 2.05) is 30.3 Å². The first-order valence-corrected chi connectivity index (χ1v) is 8.54. The minimum atomic E-state index is -2.20. The first kappa shape index (κ1) is 14.7. The van der Waals surface area contributed by atoms with Gasteiger partial charge in [-0.3, -0.25) is 4.90 Å². The molecule has 3 rings (SSSR count). The van der Waals surface area contributed by atoms with Crippen LogP contribution in [0.4, 0.5) is 0 Å². The average molecular weight is 360 g/mol. The van der Waals surface area contributed by atoms with Gasteiger partial charge in [-0.05, 0) is 60.8 Å². The Balaban J connectivity index is 2.06. The number of hydrogen-bond donors (Lipinski definition) is 0. The van der Waals surface area contributed by atoms with E-state index in [9.17, 15) is 0 Å². The Hall–Kier alpha value is -2.40. The molecule has 2 aromatic rings. The minimum absolute atomic E-state index is 0.329. The fourth-order valence-corrected chi connectivity index (χ4v) is 3.48. The second-order valence-electron chi connectivity index (χ2n) is 6.26. The lowest BCUT2D eigenvalue weighted by atomic mass is 9.88. The molecule has 5 heteroatoms. The number of benzene rings is 2. The SMILES string of the molecule is [2H]C([2H])([2H])N1CCc2cc(OC)c(OC)cc2C1Cc1ccc(OC)c(OC)c1. The van der Waals surface area contributed by atoms with Gasteiger partial charge in [-0.25, -0.2) is 0 Å². The number of methoxy groups -OCH3 is 4. The summed E-state index contributed by atoms with van der Waals surface area (Å²) in [5, 5.41) is 0. The highest BCUT2D eigenvalue weighted by Gasteiger charge is 2.27. The van der Waals surface area contributed by atoms with Crippen LogP contribution >= 0.6 is 0 Å². The van der Waals surface area contributed by atoms with Crippen LogP contribution in [0, 0.1) is 0 Å². The van der Waals surface area contributed by atoms with Crippen molar-refractivity contribution in [2.45, 2.75) is 18.9 Å². The Labute approximate surface area is 159 Å². The number of likely N-dealkylation sites (N-methyl/N-ethyl adjacent to an activating group) is 1. The van der Waals surface area contributed by atoms with Crippen LogP contribution in [-0.2, 0) is 12.8 Å². The van der Waals surface area contributed by atoms with Crippen LogP contribution in [-0.4, -0.2) is 46.9 Å². The van der Waals surface area contributed by atoms with Crippen LogP contribution in [0.3, 0.4) is 0 Å². The van der Waals surface area contributed by atoms with Gasteiger partial charge in [0.2, 0.25) is 0 Å². The molecule has 0 aliphatic carbocycles. The highest BCUT2D eigenvalue weighted by atomic mass is 16.5. The molecule has 0 spiro atoms. The fraction of sp³-hybridized carbons (Fsp3) is 0.429. The van der Waals surface area contributed by atoms with Crippen molar-refractivity contribution in [2.75, 3.05) is 42.0 Å². The lowest BCUT2D eigenvalue weighted by Crippen LogP contribution is -2.33. The van der Waals surface area contributed by atoms with E-state index < -0.39 is 6.98 Å². The summed E-state index contributed by atoms with van der Waals surface area (Å²) in [5.74, 6) is 2.50. The summed E-state index contributed by atoms with van der Waals surface area (Å²) in [6, 6.07) is 9.19. The van der Waals surface area contributed by atoms with E-state index in [0.29, 0.717) is 42.4 Å². The summed E-state index contributed by atoms with van der Waals surface area (Å²) >= 11 is 0. The highest BCUT2D eigenvalue weighted by molar-refractivity contribution is 5.50. The van der Waals surface area contributed by atoms with E-state index in [4.69, 9.17) is 23.1 Å². The molecule has 1 aliphatic heterocycles. The molecule has 0 radical (unpaired) electrons. The second kappa shape index (κ2) is 7.87. The standard InChI is InChI=1S/C21H27NO4/c1-22-9-8-15-12-20(25-4)21(26-5)13-16(15)17(22)10-14-6-7-18(23-2)19(11-14)24-3/h6-7,11-13,17H,8-10H2,1-5H3/i1D3. The maximum atomic E-state index is 8.04. The van der Waals surface area contributed by atoms with E-state index in [2.05, 4.69) is 0 Å². The zero-order chi connectivity index (χ0) is 21.2. The Bertz CT molecular complexity index is 870. The van der Waals surface area contributed by atoms with Gasteiger partial charge in [0.1, 0.15) is 0 Å². The van der Waals surface area contributed by atoms with Crippen LogP contribution in [0.25, 0.3) is 0 Å². The van der Waals surface area contributed by atoms with Crippen molar-refractivity contribution in [1.29, 1.82) is 0 Å². The van der Waals surface area contributed by atoms with Crippen LogP contribution in [0.1, 0.15) is 26.8 Å². The van der Waals surface area contributed by atoms with Crippen molar-refractivity contribution in [3.63, 3.8) is 0 Å². The molecule has 5 nitrogen and oxygen atoms in total. The highest BCUT2D eigenvalue weighted by Crippen LogP contribution is 2.39. The molecule has 0 aromatic heterocycles. The lowest BCUT2D eigenvalue weighted by Gasteiger charge is -2.35. The summed E-state index contributed by atoms with van der Waals surface area (Å²) in [6.45, 7) is -1.76. The molecule has 2 aromatic carbocycles. The Morgan fingerprint density at radius 3 is 2.23 bits per heavy atom. The van der Waals surface area contributed by atoms with Gasteiger partial charge in [0.25, 0.3) is 0 Å². The molecular weight excluding hydrogens is 330 g/mol. The number of nitrogens with zero attached hydrogens (tertiary/aromatic N) is 1. The maximum absolute atomic E-state index is 8.04. The summed E-state index contributed by atoms with van der Waals surface area (Å²) in [6.07, 6.45) is 1.15. The summed E-state index contributed by atoms with van der Waals surface area (Å²) in [7, 11) is 6.36. The smallest absolute Gasteiger partial charge is 0.161 e. The van der Waals surface area contributed by atoms with Gasteiger partial charge in [-0.1, -0.05) is 6.07 Å². The Morgan fingerprint density at radius 1 is 0.923 bits per heavy atom. The van der Waals surface area contributed by atoms with Gasteiger partial charge in [-0.15, -0.1) is 0 Å². The third-order valence-electron chi connectivity index (χ3n) is 4.88. The molecule has 0 bridgehead atoms. The normalized spacial score (nSPS) is 18.9. The van der Waals surface area contributed by atoms with E-state index in [0.717, 1.165) is 16.7 Å². The largest absolute Gasteiger partial charge is 0.493 e. The van der Waals surface area contributed by atoms with Gasteiger partial charge in [0, 0.05) is 16.7 Å². The second-order valence-corrected chi connectivity index (χ2v) is 6.26. The molecule has 140 valence electrons. The molecule has 1 aliphatic rings. The van der Waals surface area contributed by atoms with E-state index >= 15 is 0 Å².